The summed E-state index contributed by atoms with van der Waals surface area (Å²) in [7, 11) is 4.71. The minimum Gasteiger partial charge on any atom is -0.493 e. The Kier molecular flexibility index (Phi) is 6.84. The Balaban J connectivity index is 1.65. The Hall–Kier alpha value is -3.62. The van der Waals surface area contributed by atoms with E-state index in [1.165, 1.54) is 0 Å². The van der Waals surface area contributed by atoms with Crippen molar-refractivity contribution in [1.82, 2.24) is 15.3 Å². The number of nitrogens with zero attached hydrogens (tertiary/aromatic N) is 2. The van der Waals surface area contributed by atoms with E-state index in [9.17, 15) is 0 Å². The lowest BCUT2D eigenvalue weighted by molar-refractivity contribution is 0.0512. The number of methoxy groups -OCH3 is 3. The van der Waals surface area contributed by atoms with Crippen molar-refractivity contribution in [2.24, 2.45) is 0 Å². The molecule has 0 aliphatic carbocycles. The van der Waals surface area contributed by atoms with E-state index in [2.05, 4.69) is 10.3 Å². The van der Waals surface area contributed by atoms with Crippen molar-refractivity contribution in [1.29, 1.82) is 0 Å². The van der Waals surface area contributed by atoms with Crippen LogP contribution in [-0.4, -0.2) is 38.1 Å². The number of rotatable bonds is 10. The molecule has 4 rings (SSSR count). The maximum absolute atomic E-state index is 6.08. The van der Waals surface area contributed by atoms with Crippen LogP contribution in [0.2, 0.25) is 0 Å². The van der Waals surface area contributed by atoms with Gasteiger partial charge in [0.25, 0.3) is 0 Å². The van der Waals surface area contributed by atoms with E-state index in [4.69, 9.17) is 28.3 Å². The lowest BCUT2D eigenvalue weighted by Crippen LogP contribution is -2.13. The summed E-state index contributed by atoms with van der Waals surface area (Å²) in [6.07, 6.45) is 1.79. The zero-order valence-corrected chi connectivity index (χ0v) is 18.3. The van der Waals surface area contributed by atoms with E-state index >= 15 is 0 Å². The predicted molar refractivity (Wildman–Crippen MR) is 120 cm³/mol. The first-order valence-electron chi connectivity index (χ1n) is 10.1. The van der Waals surface area contributed by atoms with Crippen molar-refractivity contribution in [3.05, 3.63) is 66.0 Å². The number of benzene rings is 2. The Bertz CT molecular complexity index is 1180. The number of para-hydroxylation sites is 1. The summed E-state index contributed by atoms with van der Waals surface area (Å²) in [4.78, 5) is 9.11. The maximum atomic E-state index is 6.08. The van der Waals surface area contributed by atoms with Gasteiger partial charge in [0, 0.05) is 38.5 Å². The second-order valence-corrected chi connectivity index (χ2v) is 6.96. The lowest BCUT2D eigenvalue weighted by Gasteiger charge is -2.13. The monoisotopic (exact) mass is 435 g/mol. The molecular formula is C24H25N3O5. The van der Waals surface area contributed by atoms with Gasteiger partial charge in [-0.15, -0.1) is 0 Å². The topological polar surface area (TPSA) is 87.9 Å². The zero-order chi connectivity index (χ0) is 22.3. The molecule has 1 N–H and O–H groups in total. The van der Waals surface area contributed by atoms with Crippen molar-refractivity contribution in [3.8, 4) is 28.7 Å². The van der Waals surface area contributed by atoms with Gasteiger partial charge in [-0.05, 0) is 23.8 Å². The zero-order valence-electron chi connectivity index (χ0n) is 18.3. The highest BCUT2D eigenvalue weighted by atomic mass is 16.7. The van der Waals surface area contributed by atoms with Crippen molar-refractivity contribution < 1.29 is 23.4 Å². The minimum absolute atomic E-state index is 0.0748. The van der Waals surface area contributed by atoms with Gasteiger partial charge in [0.1, 0.15) is 11.3 Å². The lowest BCUT2D eigenvalue weighted by atomic mass is 10.1. The molecule has 0 atom stereocenters. The van der Waals surface area contributed by atoms with E-state index in [0.29, 0.717) is 47.4 Å². The number of pyridine rings is 1. The Morgan fingerprint density at radius 2 is 1.75 bits per heavy atom. The second-order valence-electron chi connectivity index (χ2n) is 6.96. The van der Waals surface area contributed by atoms with Gasteiger partial charge in [-0.1, -0.05) is 18.2 Å². The summed E-state index contributed by atoms with van der Waals surface area (Å²) in [5.74, 6) is 2.03. The third kappa shape index (κ3) is 4.66. The molecule has 0 aliphatic heterocycles. The summed E-state index contributed by atoms with van der Waals surface area (Å²) in [5, 5.41) is 3.41. The maximum Gasteiger partial charge on any atom is 0.231 e. The number of nitrogens with one attached hydrogen (secondary N) is 1. The van der Waals surface area contributed by atoms with Crippen LogP contribution in [0.15, 0.2) is 59.1 Å². The average Bonchev–Trinajstić information content (AvgIpc) is 3.28. The molecule has 32 heavy (non-hydrogen) atoms. The summed E-state index contributed by atoms with van der Waals surface area (Å²) in [6, 6.07) is 15.2. The number of fused-ring (bicyclic) bond motifs is 1. The van der Waals surface area contributed by atoms with Crippen LogP contribution in [0.25, 0.3) is 22.6 Å². The molecule has 166 valence electrons. The average molecular weight is 435 g/mol. The van der Waals surface area contributed by atoms with Gasteiger partial charge in [-0.2, -0.15) is 0 Å². The summed E-state index contributed by atoms with van der Waals surface area (Å²) < 4.78 is 27.7. The largest absolute Gasteiger partial charge is 0.493 e. The van der Waals surface area contributed by atoms with Gasteiger partial charge in [0.15, 0.2) is 23.9 Å². The van der Waals surface area contributed by atoms with Crippen LogP contribution in [0.4, 0.5) is 0 Å². The molecule has 0 spiro atoms. The first-order valence-corrected chi connectivity index (χ1v) is 10.1. The van der Waals surface area contributed by atoms with Crippen LogP contribution < -0.4 is 19.5 Å². The van der Waals surface area contributed by atoms with Crippen LogP contribution in [0.1, 0.15) is 11.3 Å². The number of hydrogen-bond donors (Lipinski definition) is 1. The number of oxazole rings is 1. The van der Waals surface area contributed by atoms with Gasteiger partial charge in [0.2, 0.25) is 5.89 Å². The third-order valence-corrected chi connectivity index (χ3v) is 4.90. The van der Waals surface area contributed by atoms with Crippen LogP contribution in [-0.2, 0) is 17.8 Å². The normalized spacial score (nSPS) is 11.0. The number of hydrogen-bond acceptors (Lipinski definition) is 8. The molecule has 0 aliphatic rings. The van der Waals surface area contributed by atoms with Gasteiger partial charge in [-0.3, -0.25) is 4.98 Å². The van der Waals surface area contributed by atoms with Crippen LogP contribution >= 0.6 is 0 Å². The molecule has 2 heterocycles. The van der Waals surface area contributed by atoms with Crippen molar-refractivity contribution in [2.45, 2.75) is 13.1 Å². The van der Waals surface area contributed by atoms with Crippen LogP contribution in [0.5, 0.6) is 17.2 Å². The van der Waals surface area contributed by atoms with Gasteiger partial charge in [-0.25, -0.2) is 4.98 Å². The highest BCUT2D eigenvalue weighted by molar-refractivity contribution is 5.81. The standard InChI is InChI=1S/C24H25N3O5/c1-28-15-31-20-12-22(30-3)21(29-2)11-18(20)24-27-23-16(7-6-9-19(23)32-24)13-25-14-17-8-4-5-10-26-17/h4-12,25H,13-15H2,1-3H3. The van der Waals surface area contributed by atoms with E-state index < -0.39 is 0 Å². The fourth-order valence-corrected chi connectivity index (χ4v) is 3.36. The Labute approximate surface area is 186 Å². The van der Waals surface area contributed by atoms with Crippen LogP contribution in [0.3, 0.4) is 0 Å². The first kappa shape index (κ1) is 21.6. The summed E-state index contributed by atoms with van der Waals surface area (Å²) in [6.45, 7) is 1.36. The van der Waals surface area contributed by atoms with Crippen molar-refractivity contribution in [2.75, 3.05) is 28.1 Å². The molecular weight excluding hydrogens is 410 g/mol. The Morgan fingerprint density at radius 3 is 2.50 bits per heavy atom. The van der Waals surface area contributed by atoms with E-state index in [1.807, 2.05) is 36.4 Å². The predicted octanol–water partition coefficient (Wildman–Crippen LogP) is 4.18. The van der Waals surface area contributed by atoms with Gasteiger partial charge in [0.05, 0.1) is 25.5 Å². The number of aromatic nitrogens is 2. The molecule has 0 saturated carbocycles. The molecule has 8 nitrogen and oxygen atoms in total. The molecule has 8 heteroatoms. The summed E-state index contributed by atoms with van der Waals surface area (Å²) >= 11 is 0. The highest BCUT2D eigenvalue weighted by Crippen LogP contribution is 2.41. The highest BCUT2D eigenvalue weighted by Gasteiger charge is 2.19. The fourth-order valence-electron chi connectivity index (χ4n) is 3.36. The molecule has 0 bridgehead atoms. The molecule has 0 fully saturated rings. The molecule has 4 aromatic rings. The number of ether oxygens (including phenoxy) is 4. The molecule has 2 aromatic carbocycles. The SMILES string of the molecule is COCOc1cc(OC)c(OC)cc1-c1nc2c(CNCc3ccccn3)cccc2o1. The van der Waals surface area contributed by atoms with E-state index in [0.717, 1.165) is 16.8 Å². The van der Waals surface area contributed by atoms with E-state index in [-0.39, 0.29) is 6.79 Å². The molecule has 0 radical (unpaired) electrons. The van der Waals surface area contributed by atoms with Crippen molar-refractivity contribution >= 4 is 11.1 Å². The van der Waals surface area contributed by atoms with Crippen LogP contribution in [0, 0.1) is 0 Å². The summed E-state index contributed by atoms with van der Waals surface area (Å²) in [5.41, 5.74) is 4.11. The smallest absolute Gasteiger partial charge is 0.231 e. The Morgan fingerprint density at radius 1 is 0.906 bits per heavy atom. The molecule has 0 unspecified atom stereocenters. The van der Waals surface area contributed by atoms with Crippen molar-refractivity contribution in [3.63, 3.8) is 0 Å². The second kappa shape index (κ2) is 10.1. The van der Waals surface area contributed by atoms with E-state index in [1.54, 1.807) is 39.7 Å². The fraction of sp³-hybridized carbons (Fsp3) is 0.250. The van der Waals surface area contributed by atoms with Gasteiger partial charge >= 0.3 is 0 Å². The van der Waals surface area contributed by atoms with Gasteiger partial charge < -0.3 is 28.7 Å². The third-order valence-electron chi connectivity index (χ3n) is 4.90. The molecule has 2 aromatic heterocycles. The molecule has 0 amide bonds. The quantitative estimate of drug-likeness (QED) is 0.371. The molecule has 0 saturated heterocycles. The minimum atomic E-state index is 0.0748. The first-order chi connectivity index (χ1) is 15.7.